The highest BCUT2D eigenvalue weighted by Gasteiger charge is 2.06. The summed E-state index contributed by atoms with van der Waals surface area (Å²) in [6.45, 7) is 2.36. The number of halogens is 2. The van der Waals surface area contributed by atoms with Gasteiger partial charge < -0.3 is 14.8 Å². The summed E-state index contributed by atoms with van der Waals surface area (Å²) in [4.78, 5) is 1.05. The van der Waals surface area contributed by atoms with Crippen LogP contribution >= 0.6 is 27.3 Å². The summed E-state index contributed by atoms with van der Waals surface area (Å²) in [6, 6.07) is 8.95. The summed E-state index contributed by atoms with van der Waals surface area (Å²) in [6.07, 6.45) is 0. The van der Waals surface area contributed by atoms with Gasteiger partial charge in [0.05, 0.1) is 10.4 Å². The van der Waals surface area contributed by atoms with E-state index in [1.54, 1.807) is 24.5 Å². The smallest absolute Gasteiger partial charge is 0.165 e. The van der Waals surface area contributed by atoms with E-state index >= 15 is 0 Å². The summed E-state index contributed by atoms with van der Waals surface area (Å²) in [7, 11) is 1.65. The lowest BCUT2D eigenvalue weighted by Crippen LogP contribution is -2.18. The minimum Gasteiger partial charge on any atom is -0.485 e. The van der Waals surface area contributed by atoms with Gasteiger partial charge >= 0.3 is 0 Å². The average Bonchev–Trinajstić information content (AvgIpc) is 2.88. The molecule has 0 aliphatic carbocycles. The maximum Gasteiger partial charge on any atom is 0.165 e. The SMILES string of the molecule is COCCNCc1ccc(OCc2ccc(Br)s2)c(F)c1. The van der Waals surface area contributed by atoms with Gasteiger partial charge in [0.25, 0.3) is 0 Å². The Kier molecular flexibility index (Phi) is 6.63. The highest BCUT2D eigenvalue weighted by atomic mass is 79.9. The van der Waals surface area contributed by atoms with E-state index in [9.17, 15) is 4.39 Å². The molecule has 6 heteroatoms. The zero-order valence-corrected chi connectivity index (χ0v) is 14.1. The van der Waals surface area contributed by atoms with E-state index < -0.39 is 0 Å². The summed E-state index contributed by atoms with van der Waals surface area (Å²) >= 11 is 4.97. The van der Waals surface area contributed by atoms with Crippen molar-refractivity contribution in [2.75, 3.05) is 20.3 Å². The van der Waals surface area contributed by atoms with Crippen molar-refractivity contribution >= 4 is 27.3 Å². The molecule has 0 radical (unpaired) electrons. The normalized spacial score (nSPS) is 10.8. The van der Waals surface area contributed by atoms with Crippen LogP contribution < -0.4 is 10.1 Å². The number of hydrogen-bond donors (Lipinski definition) is 1. The van der Waals surface area contributed by atoms with E-state index in [1.807, 2.05) is 18.2 Å². The van der Waals surface area contributed by atoms with Gasteiger partial charge in [0.2, 0.25) is 0 Å². The van der Waals surface area contributed by atoms with Crippen LogP contribution in [-0.2, 0) is 17.9 Å². The number of benzene rings is 1. The lowest BCUT2D eigenvalue weighted by atomic mass is 10.2. The topological polar surface area (TPSA) is 30.5 Å². The van der Waals surface area contributed by atoms with Crippen molar-refractivity contribution < 1.29 is 13.9 Å². The Morgan fingerprint density at radius 3 is 2.81 bits per heavy atom. The van der Waals surface area contributed by atoms with Gasteiger partial charge in [-0.25, -0.2) is 4.39 Å². The van der Waals surface area contributed by atoms with Gasteiger partial charge in [-0.3, -0.25) is 0 Å². The van der Waals surface area contributed by atoms with Gasteiger partial charge in [-0.1, -0.05) is 6.07 Å². The average molecular weight is 374 g/mol. The molecule has 0 aliphatic rings. The molecule has 21 heavy (non-hydrogen) atoms. The quantitative estimate of drug-likeness (QED) is 0.710. The zero-order valence-electron chi connectivity index (χ0n) is 11.7. The lowest BCUT2D eigenvalue weighted by molar-refractivity contribution is 0.199. The molecule has 0 saturated heterocycles. The van der Waals surface area contributed by atoms with Gasteiger partial charge in [0.15, 0.2) is 11.6 Å². The molecular formula is C15H17BrFNO2S. The van der Waals surface area contributed by atoms with Crippen molar-refractivity contribution in [3.63, 3.8) is 0 Å². The van der Waals surface area contributed by atoms with Crippen molar-refractivity contribution in [1.29, 1.82) is 0 Å². The molecule has 114 valence electrons. The van der Waals surface area contributed by atoms with E-state index in [4.69, 9.17) is 9.47 Å². The van der Waals surface area contributed by atoms with E-state index in [2.05, 4.69) is 21.2 Å². The molecule has 0 saturated carbocycles. The number of thiophene rings is 1. The highest BCUT2D eigenvalue weighted by Crippen LogP contribution is 2.25. The first kappa shape index (κ1) is 16.4. The first-order valence-electron chi connectivity index (χ1n) is 6.54. The fourth-order valence-electron chi connectivity index (χ4n) is 1.76. The molecule has 0 bridgehead atoms. The maximum absolute atomic E-state index is 14.0. The standard InChI is InChI=1S/C15H17BrFNO2S/c1-19-7-6-18-9-11-2-4-14(13(17)8-11)20-10-12-3-5-15(16)21-12/h2-5,8,18H,6-7,9-10H2,1H3. The number of hydrogen-bond acceptors (Lipinski definition) is 4. The largest absolute Gasteiger partial charge is 0.485 e. The molecule has 3 nitrogen and oxygen atoms in total. The van der Waals surface area contributed by atoms with Crippen molar-refractivity contribution in [3.8, 4) is 5.75 Å². The van der Waals surface area contributed by atoms with Crippen LogP contribution in [0.3, 0.4) is 0 Å². The molecule has 0 atom stereocenters. The molecule has 0 aliphatic heterocycles. The summed E-state index contributed by atoms with van der Waals surface area (Å²) < 4.78 is 25.4. The maximum atomic E-state index is 14.0. The summed E-state index contributed by atoms with van der Waals surface area (Å²) in [5.41, 5.74) is 0.884. The third kappa shape index (κ3) is 5.39. The lowest BCUT2D eigenvalue weighted by Gasteiger charge is -2.08. The van der Waals surface area contributed by atoms with Crippen LogP contribution in [0.4, 0.5) is 4.39 Å². The number of rotatable bonds is 8. The van der Waals surface area contributed by atoms with Crippen molar-refractivity contribution in [1.82, 2.24) is 5.32 Å². The van der Waals surface area contributed by atoms with Crippen LogP contribution in [0, 0.1) is 5.82 Å². The van der Waals surface area contributed by atoms with E-state index in [1.165, 1.54) is 6.07 Å². The molecule has 0 amide bonds. The second kappa shape index (κ2) is 8.48. The van der Waals surface area contributed by atoms with Gasteiger partial charge in [-0.2, -0.15) is 0 Å². The van der Waals surface area contributed by atoms with Crippen molar-refractivity contribution in [2.45, 2.75) is 13.2 Å². The first-order chi connectivity index (χ1) is 10.2. The number of nitrogens with one attached hydrogen (secondary N) is 1. The van der Waals surface area contributed by atoms with Crippen LogP contribution in [0.15, 0.2) is 34.1 Å². The Bertz CT molecular complexity index is 577. The Labute approximate surface area is 136 Å². The predicted octanol–water partition coefficient (Wildman–Crippen LogP) is 3.96. The number of ether oxygens (including phenoxy) is 2. The van der Waals surface area contributed by atoms with Crippen LogP contribution in [-0.4, -0.2) is 20.3 Å². The minimum atomic E-state index is -0.336. The fraction of sp³-hybridized carbons (Fsp3) is 0.333. The predicted molar refractivity (Wildman–Crippen MR) is 86.3 cm³/mol. The van der Waals surface area contributed by atoms with E-state index in [-0.39, 0.29) is 11.6 Å². The first-order valence-corrected chi connectivity index (χ1v) is 8.15. The van der Waals surface area contributed by atoms with Crippen molar-refractivity contribution in [3.05, 3.63) is 50.4 Å². The molecule has 2 rings (SSSR count). The van der Waals surface area contributed by atoms with Crippen LogP contribution in [0.1, 0.15) is 10.4 Å². The third-order valence-corrected chi connectivity index (χ3v) is 4.40. The highest BCUT2D eigenvalue weighted by molar-refractivity contribution is 9.11. The fourth-order valence-corrected chi connectivity index (χ4v) is 3.15. The van der Waals surface area contributed by atoms with Gasteiger partial charge in [0, 0.05) is 25.1 Å². The Morgan fingerprint density at radius 1 is 1.29 bits per heavy atom. The molecule has 1 aromatic heterocycles. The molecule has 0 spiro atoms. The van der Waals surface area contributed by atoms with E-state index in [0.717, 1.165) is 20.8 Å². The monoisotopic (exact) mass is 373 g/mol. The van der Waals surface area contributed by atoms with Gasteiger partial charge in [-0.05, 0) is 45.8 Å². The van der Waals surface area contributed by atoms with Gasteiger partial charge in [-0.15, -0.1) is 11.3 Å². The zero-order chi connectivity index (χ0) is 15.1. The summed E-state index contributed by atoms with van der Waals surface area (Å²) in [5, 5.41) is 3.17. The van der Waals surface area contributed by atoms with Crippen LogP contribution in [0.2, 0.25) is 0 Å². The van der Waals surface area contributed by atoms with E-state index in [0.29, 0.717) is 19.8 Å². The number of methoxy groups -OCH3 is 1. The molecular weight excluding hydrogens is 357 g/mol. The molecule has 1 aromatic carbocycles. The van der Waals surface area contributed by atoms with Crippen LogP contribution in [0.25, 0.3) is 0 Å². The second-order valence-electron chi connectivity index (χ2n) is 4.43. The van der Waals surface area contributed by atoms with Gasteiger partial charge in [0.1, 0.15) is 6.61 Å². The van der Waals surface area contributed by atoms with Crippen LogP contribution in [0.5, 0.6) is 5.75 Å². The molecule has 0 unspecified atom stereocenters. The Hall–Kier alpha value is -0.950. The molecule has 0 fully saturated rings. The molecule has 1 N–H and O–H groups in total. The molecule has 2 aromatic rings. The summed E-state index contributed by atoms with van der Waals surface area (Å²) in [5.74, 6) is -0.0585. The Balaban J connectivity index is 1.86. The minimum absolute atomic E-state index is 0.278. The second-order valence-corrected chi connectivity index (χ2v) is 6.98. The van der Waals surface area contributed by atoms with Crippen molar-refractivity contribution in [2.24, 2.45) is 0 Å². The molecule has 1 heterocycles. The Morgan fingerprint density at radius 2 is 2.14 bits per heavy atom. The third-order valence-electron chi connectivity index (χ3n) is 2.81.